The molecule has 108 valence electrons. The molecule has 1 amide bonds. The minimum atomic E-state index is -0.593. The third-order valence-electron chi connectivity index (χ3n) is 2.30. The van der Waals surface area contributed by atoms with Crippen molar-refractivity contribution in [2.45, 2.75) is 6.42 Å². The molecule has 0 fully saturated rings. The average Bonchev–Trinajstić information content (AvgIpc) is 2.45. The van der Waals surface area contributed by atoms with Crippen LogP contribution in [0, 0.1) is 10.1 Å². The predicted octanol–water partition coefficient (Wildman–Crippen LogP) is 0.653. The van der Waals surface area contributed by atoms with E-state index in [1.807, 2.05) is 0 Å². The number of nitrogens with one attached hydrogen (secondary N) is 1. The van der Waals surface area contributed by atoms with Crippen molar-refractivity contribution in [2.24, 2.45) is 0 Å². The smallest absolute Gasteiger partial charge is 0.310 e. The summed E-state index contributed by atoms with van der Waals surface area (Å²) in [5, 5.41) is 13.2. The molecule has 0 saturated carbocycles. The lowest BCUT2D eigenvalue weighted by Crippen LogP contribution is -2.31. The van der Waals surface area contributed by atoms with Crippen molar-refractivity contribution in [3.8, 4) is 5.75 Å². The van der Waals surface area contributed by atoms with Gasteiger partial charge in [-0.1, -0.05) is 12.1 Å². The number of nitro groups is 1. The predicted molar refractivity (Wildman–Crippen MR) is 68.2 cm³/mol. The van der Waals surface area contributed by atoms with E-state index in [4.69, 9.17) is 4.74 Å². The molecule has 0 aliphatic heterocycles. The number of hydrogen-bond donors (Lipinski definition) is 1. The van der Waals surface area contributed by atoms with Gasteiger partial charge >= 0.3 is 11.7 Å². The highest BCUT2D eigenvalue weighted by molar-refractivity contribution is 5.78. The first-order chi connectivity index (χ1) is 9.54. The molecule has 0 saturated heterocycles. The van der Waals surface area contributed by atoms with Gasteiger partial charge in [0.2, 0.25) is 0 Å². The molecular formula is C12H14N2O6. The number of methoxy groups -OCH3 is 1. The lowest BCUT2D eigenvalue weighted by molar-refractivity contribution is -0.385. The van der Waals surface area contributed by atoms with Gasteiger partial charge in [0.25, 0.3) is 5.91 Å². The Kier molecular flexibility index (Phi) is 5.95. The van der Waals surface area contributed by atoms with E-state index in [1.54, 1.807) is 6.07 Å². The van der Waals surface area contributed by atoms with Crippen LogP contribution in [-0.4, -0.2) is 37.1 Å². The van der Waals surface area contributed by atoms with Gasteiger partial charge in [0.1, 0.15) is 0 Å². The summed E-state index contributed by atoms with van der Waals surface area (Å²) >= 11 is 0. The van der Waals surface area contributed by atoms with Crippen molar-refractivity contribution in [3.63, 3.8) is 0 Å². The Balaban J connectivity index is 2.41. The standard InChI is InChI=1S/C12H14N2O6/c1-19-12(16)6-7-13-11(15)8-20-10-5-3-2-4-9(10)14(17)18/h2-5H,6-8H2,1H3,(H,13,15). The molecule has 0 radical (unpaired) electrons. The van der Waals surface area contributed by atoms with E-state index in [0.717, 1.165) is 0 Å². The maximum Gasteiger partial charge on any atom is 0.310 e. The van der Waals surface area contributed by atoms with E-state index in [-0.39, 0.29) is 31.0 Å². The molecule has 20 heavy (non-hydrogen) atoms. The Labute approximate surface area is 114 Å². The lowest BCUT2D eigenvalue weighted by atomic mass is 10.3. The van der Waals surface area contributed by atoms with Crippen LogP contribution in [0.1, 0.15) is 6.42 Å². The molecule has 0 aliphatic rings. The highest BCUT2D eigenvalue weighted by Crippen LogP contribution is 2.25. The largest absolute Gasteiger partial charge is 0.477 e. The molecule has 0 heterocycles. The van der Waals surface area contributed by atoms with E-state index in [1.165, 1.54) is 25.3 Å². The van der Waals surface area contributed by atoms with Gasteiger partial charge in [0, 0.05) is 12.6 Å². The second-order valence-electron chi connectivity index (χ2n) is 3.69. The number of benzene rings is 1. The number of amides is 1. The summed E-state index contributed by atoms with van der Waals surface area (Å²) in [6.45, 7) is -0.252. The van der Waals surface area contributed by atoms with E-state index in [9.17, 15) is 19.7 Å². The zero-order valence-corrected chi connectivity index (χ0v) is 10.8. The summed E-state index contributed by atoms with van der Waals surface area (Å²) in [5.41, 5.74) is -0.213. The number of hydrogen-bond acceptors (Lipinski definition) is 6. The van der Waals surface area contributed by atoms with E-state index in [2.05, 4.69) is 10.1 Å². The third kappa shape index (κ3) is 4.92. The SMILES string of the molecule is COC(=O)CCNC(=O)COc1ccccc1[N+](=O)[O-]. The van der Waals surface area contributed by atoms with E-state index >= 15 is 0 Å². The Morgan fingerprint density at radius 1 is 1.35 bits per heavy atom. The Bertz CT molecular complexity index is 502. The van der Waals surface area contributed by atoms with Crippen LogP contribution >= 0.6 is 0 Å². The van der Waals surface area contributed by atoms with Crippen molar-refractivity contribution >= 4 is 17.6 Å². The molecule has 0 bridgehead atoms. The molecule has 1 N–H and O–H groups in total. The monoisotopic (exact) mass is 282 g/mol. The highest BCUT2D eigenvalue weighted by atomic mass is 16.6. The molecule has 8 nitrogen and oxygen atoms in total. The first kappa shape index (κ1) is 15.4. The fourth-order valence-corrected chi connectivity index (χ4v) is 1.33. The summed E-state index contributed by atoms with van der Waals surface area (Å²) in [5.74, 6) is -0.905. The molecule has 1 aromatic rings. The Morgan fingerprint density at radius 2 is 2.05 bits per heavy atom. The number of ether oxygens (including phenoxy) is 2. The number of nitro benzene ring substituents is 1. The van der Waals surface area contributed by atoms with Crippen molar-refractivity contribution < 1.29 is 24.0 Å². The highest BCUT2D eigenvalue weighted by Gasteiger charge is 2.14. The van der Waals surface area contributed by atoms with Gasteiger partial charge in [-0.2, -0.15) is 0 Å². The van der Waals surface area contributed by atoms with Crippen LogP contribution in [0.3, 0.4) is 0 Å². The minimum Gasteiger partial charge on any atom is -0.477 e. The van der Waals surface area contributed by atoms with Crippen molar-refractivity contribution in [1.82, 2.24) is 5.32 Å². The van der Waals surface area contributed by atoms with Crippen molar-refractivity contribution in [1.29, 1.82) is 0 Å². The summed E-state index contributed by atoms with van der Waals surface area (Å²) in [4.78, 5) is 32.3. The topological polar surface area (TPSA) is 108 Å². The molecule has 0 aliphatic carbocycles. The average molecular weight is 282 g/mol. The number of carbonyl (C=O) groups is 2. The summed E-state index contributed by atoms with van der Waals surface area (Å²) in [7, 11) is 1.25. The van der Waals surface area contributed by atoms with E-state index < -0.39 is 16.8 Å². The second kappa shape index (κ2) is 7.72. The van der Waals surface area contributed by atoms with Crippen LogP contribution in [0.5, 0.6) is 5.75 Å². The number of para-hydroxylation sites is 2. The van der Waals surface area contributed by atoms with Crippen LogP contribution in [0.2, 0.25) is 0 Å². The van der Waals surface area contributed by atoms with Crippen LogP contribution in [0.25, 0.3) is 0 Å². The summed E-state index contributed by atoms with van der Waals surface area (Å²) in [6.07, 6.45) is 0.0493. The number of rotatable bonds is 7. The Morgan fingerprint density at radius 3 is 2.70 bits per heavy atom. The zero-order valence-electron chi connectivity index (χ0n) is 10.8. The molecule has 8 heteroatoms. The number of carbonyl (C=O) groups excluding carboxylic acids is 2. The van der Waals surface area contributed by atoms with Crippen LogP contribution in [-0.2, 0) is 14.3 Å². The first-order valence-electron chi connectivity index (χ1n) is 5.74. The van der Waals surface area contributed by atoms with Crippen LogP contribution in [0.15, 0.2) is 24.3 Å². The Hall–Kier alpha value is -2.64. The zero-order chi connectivity index (χ0) is 15.0. The van der Waals surface area contributed by atoms with Gasteiger partial charge in [0.15, 0.2) is 12.4 Å². The van der Waals surface area contributed by atoms with Gasteiger partial charge < -0.3 is 14.8 Å². The van der Waals surface area contributed by atoms with Crippen molar-refractivity contribution in [3.05, 3.63) is 34.4 Å². The van der Waals surface area contributed by atoms with Gasteiger partial charge in [-0.3, -0.25) is 19.7 Å². The molecule has 0 atom stereocenters. The number of esters is 1. The molecule has 0 unspecified atom stereocenters. The molecule has 0 aromatic heterocycles. The van der Waals surface area contributed by atoms with Gasteiger partial charge in [-0.25, -0.2) is 0 Å². The maximum atomic E-state index is 11.4. The van der Waals surface area contributed by atoms with E-state index in [0.29, 0.717) is 0 Å². The number of nitrogens with zero attached hydrogens (tertiary/aromatic N) is 1. The second-order valence-corrected chi connectivity index (χ2v) is 3.69. The van der Waals surface area contributed by atoms with Gasteiger partial charge in [0.05, 0.1) is 18.5 Å². The minimum absolute atomic E-state index is 0.0145. The fourth-order valence-electron chi connectivity index (χ4n) is 1.33. The molecule has 1 rings (SSSR count). The summed E-state index contributed by atoms with van der Waals surface area (Å²) in [6, 6.07) is 5.75. The molecule has 0 spiro atoms. The maximum absolute atomic E-state index is 11.4. The molecule has 1 aromatic carbocycles. The normalized spacial score (nSPS) is 9.65. The van der Waals surface area contributed by atoms with Crippen molar-refractivity contribution in [2.75, 3.05) is 20.3 Å². The third-order valence-corrected chi connectivity index (χ3v) is 2.30. The van der Waals surface area contributed by atoms with Gasteiger partial charge in [-0.05, 0) is 6.07 Å². The quantitative estimate of drug-likeness (QED) is 0.447. The molecular weight excluding hydrogens is 268 g/mol. The van der Waals surface area contributed by atoms with Crippen LogP contribution < -0.4 is 10.1 Å². The van der Waals surface area contributed by atoms with Crippen LogP contribution in [0.4, 0.5) is 5.69 Å². The van der Waals surface area contributed by atoms with Gasteiger partial charge in [-0.15, -0.1) is 0 Å². The lowest BCUT2D eigenvalue weighted by Gasteiger charge is -2.07. The fraction of sp³-hybridized carbons (Fsp3) is 0.333. The summed E-state index contributed by atoms with van der Waals surface area (Å²) < 4.78 is 9.48. The first-order valence-corrected chi connectivity index (χ1v) is 5.74.